The van der Waals surface area contributed by atoms with Gasteiger partial charge in [0.15, 0.2) is 0 Å². The van der Waals surface area contributed by atoms with E-state index in [0.29, 0.717) is 0 Å². The minimum Gasteiger partial charge on any atom is -0.497 e. The third-order valence-corrected chi connectivity index (χ3v) is 5.95. The van der Waals surface area contributed by atoms with E-state index in [9.17, 15) is 0 Å². The van der Waals surface area contributed by atoms with Gasteiger partial charge in [-0.15, -0.1) is 0 Å². The van der Waals surface area contributed by atoms with Crippen LogP contribution in [0.4, 0.5) is 11.4 Å². The van der Waals surface area contributed by atoms with Crippen LogP contribution in [-0.4, -0.2) is 14.2 Å². The van der Waals surface area contributed by atoms with Crippen molar-refractivity contribution in [2.24, 2.45) is 0 Å². The van der Waals surface area contributed by atoms with Crippen LogP contribution in [0.5, 0.6) is 11.5 Å². The lowest BCUT2D eigenvalue weighted by atomic mass is 10.1. The van der Waals surface area contributed by atoms with Gasteiger partial charge in [-0.25, -0.2) is 0 Å². The molecule has 0 aliphatic carbocycles. The van der Waals surface area contributed by atoms with E-state index in [-0.39, 0.29) is 0 Å². The molecule has 0 N–H and O–H groups in total. The molecule has 0 aromatic heterocycles. The van der Waals surface area contributed by atoms with Crippen LogP contribution in [0.15, 0.2) is 122 Å². The quantitative estimate of drug-likeness (QED) is 0.557. The third-order valence-electron chi connectivity index (χ3n) is 5.95. The van der Waals surface area contributed by atoms with Crippen molar-refractivity contribution >= 4 is 22.5 Å². The average Bonchev–Trinajstić information content (AvgIpc) is 2.93. The summed E-state index contributed by atoms with van der Waals surface area (Å²) in [5.41, 5.74) is 4.56. The largest absolute Gasteiger partial charge is 0.497 e. The second kappa shape index (κ2) is 9.59. The molecule has 2 aliphatic heterocycles. The van der Waals surface area contributed by atoms with Crippen molar-refractivity contribution in [2.45, 2.75) is 0 Å². The summed E-state index contributed by atoms with van der Waals surface area (Å²) in [7, 11) is 3.36. The van der Waals surface area contributed by atoms with Crippen molar-refractivity contribution in [3.63, 3.8) is 0 Å². The molecule has 2 heterocycles. The number of rotatable bonds is 4. The van der Waals surface area contributed by atoms with Crippen molar-refractivity contribution in [2.75, 3.05) is 24.0 Å². The molecule has 0 amide bonds. The first-order chi connectivity index (χ1) is 16.7. The highest BCUT2D eigenvalue weighted by atomic mass is 16.5. The average molecular weight is 447 g/mol. The normalized spacial score (nSPS) is 14.6. The third kappa shape index (κ3) is 4.52. The van der Waals surface area contributed by atoms with E-state index < -0.39 is 0 Å². The SMILES string of the molecule is COc1ccc(N2C=CC(=c3ccc(=C4C=CN(c5ccc(OC)cc5)C=C4)cc3)C=C2)cc1. The van der Waals surface area contributed by atoms with Crippen LogP contribution in [-0.2, 0) is 0 Å². The Balaban J connectivity index is 1.32. The fourth-order valence-corrected chi connectivity index (χ4v) is 3.95. The first-order valence-electron chi connectivity index (χ1n) is 11.2. The van der Waals surface area contributed by atoms with E-state index in [1.165, 1.54) is 21.6 Å². The van der Waals surface area contributed by atoms with E-state index in [4.69, 9.17) is 9.47 Å². The van der Waals surface area contributed by atoms with Crippen molar-refractivity contribution in [3.05, 3.63) is 132 Å². The second-order valence-corrected chi connectivity index (χ2v) is 7.96. The number of allylic oxidation sites excluding steroid dienone is 4. The molecule has 4 heteroatoms. The van der Waals surface area contributed by atoms with Gasteiger partial charge in [0.05, 0.1) is 14.2 Å². The monoisotopic (exact) mass is 446 g/mol. The maximum atomic E-state index is 5.24. The van der Waals surface area contributed by atoms with Crippen LogP contribution in [0.1, 0.15) is 0 Å². The summed E-state index contributed by atoms with van der Waals surface area (Å²) in [5.74, 6) is 1.71. The Hall–Kier alpha value is -4.44. The summed E-state index contributed by atoms with van der Waals surface area (Å²) in [6, 6.07) is 24.8. The van der Waals surface area contributed by atoms with Gasteiger partial charge in [-0.05, 0) is 94.4 Å². The summed E-state index contributed by atoms with van der Waals surface area (Å²) in [5, 5.41) is 2.38. The highest BCUT2D eigenvalue weighted by Crippen LogP contribution is 2.23. The Bertz CT molecular complexity index is 1250. The van der Waals surface area contributed by atoms with Crippen molar-refractivity contribution < 1.29 is 9.47 Å². The van der Waals surface area contributed by atoms with Crippen LogP contribution in [0, 0.1) is 0 Å². The van der Waals surface area contributed by atoms with E-state index in [1.807, 2.05) is 48.5 Å². The van der Waals surface area contributed by atoms with Gasteiger partial charge in [-0.1, -0.05) is 24.3 Å². The Kier molecular flexibility index (Phi) is 6.04. The number of hydrogen-bond acceptors (Lipinski definition) is 4. The number of methoxy groups -OCH3 is 2. The Morgan fingerprint density at radius 3 is 1.06 bits per heavy atom. The molecule has 0 atom stereocenters. The Morgan fingerprint density at radius 1 is 0.441 bits per heavy atom. The summed E-state index contributed by atoms with van der Waals surface area (Å²) in [4.78, 5) is 4.19. The lowest BCUT2D eigenvalue weighted by Crippen LogP contribution is -2.16. The van der Waals surface area contributed by atoms with Crippen LogP contribution in [0.25, 0.3) is 11.1 Å². The lowest BCUT2D eigenvalue weighted by molar-refractivity contribution is 0.414. The van der Waals surface area contributed by atoms with Gasteiger partial charge in [0, 0.05) is 36.2 Å². The first kappa shape index (κ1) is 21.4. The van der Waals surface area contributed by atoms with E-state index >= 15 is 0 Å². The van der Waals surface area contributed by atoms with Gasteiger partial charge in [0.1, 0.15) is 11.5 Å². The molecule has 0 radical (unpaired) electrons. The smallest absolute Gasteiger partial charge is 0.119 e. The molecular weight excluding hydrogens is 420 g/mol. The van der Waals surface area contributed by atoms with Crippen LogP contribution >= 0.6 is 0 Å². The molecule has 0 spiro atoms. The fourth-order valence-electron chi connectivity index (χ4n) is 3.95. The maximum Gasteiger partial charge on any atom is 0.119 e. The Morgan fingerprint density at radius 2 is 0.765 bits per heavy atom. The molecule has 168 valence electrons. The standard InChI is InChI=1S/C30H26N2O2/c1-33-29-11-7-27(8-12-29)31-19-15-25(16-20-31)23-3-5-24(6-4-23)26-17-21-32(22-18-26)28-9-13-30(34-2)14-10-28/h3-22H,1-2H3. The molecular formula is C30H26N2O2. The van der Waals surface area contributed by atoms with Crippen molar-refractivity contribution in [1.82, 2.24) is 0 Å². The lowest BCUT2D eigenvalue weighted by Gasteiger charge is -2.19. The van der Waals surface area contributed by atoms with Crippen molar-refractivity contribution in [3.8, 4) is 11.5 Å². The predicted octanol–water partition coefficient (Wildman–Crippen LogP) is 5.10. The zero-order valence-corrected chi connectivity index (χ0v) is 19.3. The molecule has 3 aromatic rings. The van der Waals surface area contributed by atoms with Gasteiger partial charge in [-0.2, -0.15) is 0 Å². The predicted molar refractivity (Wildman–Crippen MR) is 140 cm³/mol. The summed E-state index contributed by atoms with van der Waals surface area (Å²) < 4.78 is 10.5. The molecule has 0 unspecified atom stereocenters. The molecule has 4 nitrogen and oxygen atoms in total. The highest BCUT2D eigenvalue weighted by molar-refractivity contribution is 5.74. The van der Waals surface area contributed by atoms with Crippen LogP contribution < -0.4 is 29.7 Å². The minimum atomic E-state index is 0.857. The summed E-state index contributed by atoms with van der Waals surface area (Å²) in [6.45, 7) is 0. The van der Waals surface area contributed by atoms with E-state index in [0.717, 1.165) is 22.9 Å². The number of hydrogen-bond donors (Lipinski definition) is 0. The minimum absolute atomic E-state index is 0.857. The Labute approximate surface area is 200 Å². The van der Waals surface area contributed by atoms with Crippen molar-refractivity contribution in [1.29, 1.82) is 0 Å². The summed E-state index contributed by atoms with van der Waals surface area (Å²) in [6.07, 6.45) is 16.9. The molecule has 2 aliphatic rings. The fraction of sp³-hybridized carbons (Fsp3) is 0.0667. The van der Waals surface area contributed by atoms with Gasteiger partial charge in [-0.3, -0.25) is 0 Å². The number of benzene rings is 3. The first-order valence-corrected chi connectivity index (χ1v) is 11.2. The topological polar surface area (TPSA) is 24.9 Å². The van der Waals surface area contributed by atoms with Crippen LogP contribution in [0.3, 0.4) is 0 Å². The second-order valence-electron chi connectivity index (χ2n) is 7.96. The van der Waals surface area contributed by atoms with E-state index in [2.05, 4.69) is 83.2 Å². The van der Waals surface area contributed by atoms with E-state index in [1.54, 1.807) is 14.2 Å². The van der Waals surface area contributed by atoms with Gasteiger partial charge in [0.25, 0.3) is 0 Å². The molecule has 0 saturated heterocycles. The zero-order chi connectivity index (χ0) is 23.3. The summed E-state index contributed by atoms with van der Waals surface area (Å²) >= 11 is 0. The maximum absolute atomic E-state index is 5.24. The van der Waals surface area contributed by atoms with Gasteiger partial charge >= 0.3 is 0 Å². The number of nitrogens with zero attached hydrogens (tertiary/aromatic N) is 2. The van der Waals surface area contributed by atoms with Gasteiger partial charge < -0.3 is 19.3 Å². The van der Waals surface area contributed by atoms with Gasteiger partial charge in [0.2, 0.25) is 0 Å². The molecule has 34 heavy (non-hydrogen) atoms. The molecule has 3 aromatic carbocycles. The molecule has 0 fully saturated rings. The van der Waals surface area contributed by atoms with Crippen LogP contribution in [0.2, 0.25) is 0 Å². The molecule has 0 bridgehead atoms. The molecule has 5 rings (SSSR count). The number of anilines is 2. The zero-order valence-electron chi connectivity index (χ0n) is 19.3. The highest BCUT2D eigenvalue weighted by Gasteiger charge is 2.06. The molecule has 0 saturated carbocycles. The number of ether oxygens (including phenoxy) is 2.